The Labute approximate surface area is 377 Å². The van der Waals surface area contributed by atoms with Gasteiger partial charge in [-0.3, -0.25) is 9.59 Å². The fourth-order valence-corrected chi connectivity index (χ4v) is 7.57. The summed E-state index contributed by atoms with van der Waals surface area (Å²) in [5.74, 6) is -1.23. The van der Waals surface area contributed by atoms with Gasteiger partial charge >= 0.3 is 30.1 Å². The number of hydrogen-bond acceptors (Lipinski definition) is 11. The molecule has 5 rings (SSSR count). The first-order chi connectivity index (χ1) is 29.7. The van der Waals surface area contributed by atoms with Crippen LogP contribution in [0.1, 0.15) is 177 Å². The van der Waals surface area contributed by atoms with E-state index in [-0.39, 0.29) is 25.7 Å². The van der Waals surface area contributed by atoms with Crippen LogP contribution in [0.3, 0.4) is 0 Å². The van der Waals surface area contributed by atoms with Crippen LogP contribution in [0, 0.1) is 5.41 Å². The molecule has 1 atom stereocenters. The molecule has 5 aliphatic rings. The molecular weight excluding hydrogens is 809 g/mol. The van der Waals surface area contributed by atoms with E-state index in [9.17, 15) is 33.9 Å². The number of carboxylic acids is 1. The Hall–Kier alpha value is -4.46. The fraction of sp³-hybridized carbons (Fsp3) is 0.714. The molecule has 1 unspecified atom stereocenters. The second-order valence-electron chi connectivity index (χ2n) is 18.4. The molecule has 14 nitrogen and oxygen atoms in total. The minimum absolute atomic E-state index is 0.169. The minimum Gasteiger partial charge on any atom is -0.480 e. The van der Waals surface area contributed by atoms with Crippen molar-refractivity contribution >= 4 is 35.9 Å². The molecule has 0 aromatic heterocycles. The number of aliphatic carboxylic acids is 1. The summed E-state index contributed by atoms with van der Waals surface area (Å²) >= 11 is 0. The summed E-state index contributed by atoms with van der Waals surface area (Å²) in [6.45, 7) is 16.9. The van der Waals surface area contributed by atoms with Gasteiger partial charge in [-0.15, -0.1) is 6.58 Å². The van der Waals surface area contributed by atoms with Crippen LogP contribution in [0.25, 0.3) is 0 Å². The van der Waals surface area contributed by atoms with Gasteiger partial charge in [-0.1, -0.05) is 41.7 Å². The first-order valence-corrected chi connectivity index (χ1v) is 23.1. The summed E-state index contributed by atoms with van der Waals surface area (Å²) in [5, 5.41) is 22.6. The average molecular weight is 889 g/mol. The largest absolute Gasteiger partial charge is 0.480 e. The van der Waals surface area contributed by atoms with Gasteiger partial charge in [0.1, 0.15) is 36.2 Å². The average Bonchev–Trinajstić information content (AvgIpc) is 4.06. The Morgan fingerprint density at radius 3 is 1.57 bits per heavy atom. The Balaban J connectivity index is 0.000000418. The topological polar surface area (TPSA) is 204 Å². The smallest absolute Gasteiger partial charge is 0.408 e. The summed E-state index contributed by atoms with van der Waals surface area (Å²) in [6.07, 6.45) is 27.6. The molecule has 2 amide bonds. The maximum absolute atomic E-state index is 11.8. The Morgan fingerprint density at radius 1 is 0.698 bits per heavy atom. The number of aliphatic hydroxyl groups is 1. The van der Waals surface area contributed by atoms with Crippen LogP contribution in [0.4, 0.5) is 9.59 Å². The van der Waals surface area contributed by atoms with Gasteiger partial charge in [-0.2, -0.15) is 0 Å². The van der Waals surface area contributed by atoms with E-state index in [0.29, 0.717) is 12.4 Å². The molecule has 0 aromatic rings. The minimum atomic E-state index is -1.05. The maximum Gasteiger partial charge on any atom is 0.408 e. The molecule has 14 heteroatoms. The van der Waals surface area contributed by atoms with Crippen molar-refractivity contribution in [2.45, 2.75) is 194 Å². The molecule has 0 aromatic carbocycles. The number of amides is 2. The van der Waals surface area contributed by atoms with Crippen molar-refractivity contribution in [1.82, 2.24) is 10.6 Å². The zero-order valence-corrected chi connectivity index (χ0v) is 39.5. The molecule has 0 saturated heterocycles. The van der Waals surface area contributed by atoms with Crippen LogP contribution in [0.2, 0.25) is 0 Å². The van der Waals surface area contributed by atoms with E-state index in [1.54, 1.807) is 53.7 Å². The summed E-state index contributed by atoms with van der Waals surface area (Å²) in [7, 11) is 0. The monoisotopic (exact) mass is 889 g/mol. The molecule has 0 heterocycles. The van der Waals surface area contributed by atoms with E-state index in [2.05, 4.69) is 17.2 Å². The summed E-state index contributed by atoms with van der Waals surface area (Å²) in [5.41, 5.74) is 2.28. The van der Waals surface area contributed by atoms with Crippen LogP contribution < -0.4 is 10.6 Å². The van der Waals surface area contributed by atoms with Gasteiger partial charge in [-0.05, 0) is 157 Å². The number of esters is 2. The number of carbonyl (C=O) groups is 6. The van der Waals surface area contributed by atoms with Gasteiger partial charge in [0.2, 0.25) is 0 Å². The van der Waals surface area contributed by atoms with Crippen molar-refractivity contribution in [2.75, 3.05) is 26.4 Å². The first-order valence-electron chi connectivity index (χ1n) is 23.1. The second-order valence-corrected chi connectivity index (χ2v) is 18.4. The lowest BCUT2D eigenvalue weighted by Gasteiger charge is -2.33. The number of ketones is 1. The normalized spacial score (nSPS) is 17.9. The predicted molar refractivity (Wildman–Crippen MR) is 244 cm³/mol. The lowest BCUT2D eigenvalue weighted by Crippen LogP contribution is -2.52. The Morgan fingerprint density at radius 2 is 1.16 bits per heavy atom. The van der Waals surface area contributed by atoms with Crippen molar-refractivity contribution in [3.05, 3.63) is 47.6 Å². The van der Waals surface area contributed by atoms with Gasteiger partial charge in [0.25, 0.3) is 0 Å². The highest BCUT2D eigenvalue weighted by Gasteiger charge is 2.44. The highest BCUT2D eigenvalue weighted by atomic mass is 16.6. The van der Waals surface area contributed by atoms with E-state index >= 15 is 0 Å². The van der Waals surface area contributed by atoms with Crippen LogP contribution >= 0.6 is 0 Å². The summed E-state index contributed by atoms with van der Waals surface area (Å²) in [4.78, 5) is 67.0. The molecule has 0 bridgehead atoms. The number of alkyl carbamates (subject to hydrolysis) is 2. The maximum atomic E-state index is 11.8. The first kappa shape index (κ1) is 56.6. The molecule has 5 saturated carbocycles. The molecular formula is C49H80N2O12. The van der Waals surface area contributed by atoms with Crippen molar-refractivity contribution < 1.29 is 57.9 Å². The van der Waals surface area contributed by atoms with Gasteiger partial charge < -0.3 is 39.8 Å². The number of Topliss-reactive ketones (excluding diaryl/α,β-unsaturated/α-hetero) is 1. The van der Waals surface area contributed by atoms with E-state index in [1.807, 2.05) is 19.1 Å². The number of hydrogen-bond donors (Lipinski definition) is 4. The Kier molecular flexibility index (Phi) is 27.5. The number of carbonyl (C=O) groups excluding carboxylic acids is 5. The molecule has 358 valence electrons. The third-order valence-electron chi connectivity index (χ3n) is 10.7. The quantitative estimate of drug-likeness (QED) is 0.0663. The lowest BCUT2D eigenvalue weighted by atomic mass is 9.78. The number of rotatable bonds is 11. The van der Waals surface area contributed by atoms with E-state index in [4.69, 9.17) is 24.1 Å². The summed E-state index contributed by atoms with van der Waals surface area (Å²) in [6, 6.07) is -0.984. The van der Waals surface area contributed by atoms with Gasteiger partial charge in [0.15, 0.2) is 0 Å². The standard InChI is InChI=1S/2C14H23NO4.C9H14O2.C7H12O.C5H8O/c1-14(2,3)19-13(17)15-10-12(16)18-9-8-11-6-4-5-7-11;1-5-14(8-6-7-9-14)10(11(16)17)15-12(18)19-13(2,3)4;1-2-11-9(10)7-8-5-3-4-6-8;8-6-5-7-3-1-2-4-7;6-5-3-1-2-4-5/h8H,4-7,9-10H2,1-3H3,(H,15,17);5,10H,1,6-9H2,2-4H3,(H,15,18)(H,16,17);7H,2-6H2,1H3;5,8H,1-4,6H2;1-4H2. The number of aliphatic hydroxyl groups excluding tert-OH is 1. The van der Waals surface area contributed by atoms with Crippen LogP contribution in [-0.2, 0) is 38.1 Å². The SMILES string of the molecule is C=CC1(C(NC(=O)OC(C)(C)C)C(=O)O)CCCC1.CC(C)(C)OC(=O)NCC(=O)OCC=C1CCCC1.CCOC(=O)C=C1CCCC1.O=C1CCCC1.OCC=C1CCCC1. The van der Waals surface area contributed by atoms with E-state index < -0.39 is 46.8 Å². The van der Waals surface area contributed by atoms with Gasteiger partial charge in [0, 0.05) is 24.3 Å². The molecule has 4 N–H and O–H groups in total. The van der Waals surface area contributed by atoms with Gasteiger partial charge in [0.05, 0.1) is 13.2 Å². The number of nitrogens with one attached hydrogen (secondary N) is 2. The predicted octanol–water partition coefficient (Wildman–Crippen LogP) is 9.92. The van der Waals surface area contributed by atoms with Crippen LogP contribution in [-0.4, -0.2) is 89.7 Å². The zero-order chi connectivity index (χ0) is 47.3. The molecule has 0 radical (unpaired) electrons. The van der Waals surface area contributed by atoms with E-state index in [0.717, 1.165) is 77.0 Å². The highest BCUT2D eigenvalue weighted by Crippen LogP contribution is 2.42. The lowest BCUT2D eigenvalue weighted by molar-refractivity contribution is -0.142. The van der Waals surface area contributed by atoms with Crippen molar-refractivity contribution in [2.24, 2.45) is 5.41 Å². The molecule has 0 spiro atoms. The van der Waals surface area contributed by atoms with Crippen LogP contribution in [0.15, 0.2) is 47.6 Å². The molecule has 5 aliphatic carbocycles. The van der Waals surface area contributed by atoms with Crippen molar-refractivity contribution in [1.29, 1.82) is 0 Å². The van der Waals surface area contributed by atoms with Crippen molar-refractivity contribution in [3.63, 3.8) is 0 Å². The van der Waals surface area contributed by atoms with Crippen LogP contribution in [0.5, 0.6) is 0 Å². The van der Waals surface area contributed by atoms with E-state index in [1.165, 1.54) is 68.1 Å². The molecule has 63 heavy (non-hydrogen) atoms. The zero-order valence-electron chi connectivity index (χ0n) is 39.5. The third-order valence-corrected chi connectivity index (χ3v) is 10.7. The van der Waals surface area contributed by atoms with Gasteiger partial charge in [-0.25, -0.2) is 19.2 Å². The second kappa shape index (κ2) is 30.6. The third kappa shape index (κ3) is 27.4. The molecule has 0 aliphatic heterocycles. The fourth-order valence-electron chi connectivity index (χ4n) is 7.57. The summed E-state index contributed by atoms with van der Waals surface area (Å²) < 4.78 is 19.9. The number of carboxylic acid groups (broad SMARTS) is 1. The Bertz CT molecular complexity index is 1510. The number of ether oxygens (including phenoxy) is 4. The number of allylic oxidation sites excluding steroid dienone is 3. The highest BCUT2D eigenvalue weighted by molar-refractivity contribution is 5.83. The van der Waals surface area contributed by atoms with Crippen molar-refractivity contribution in [3.8, 4) is 0 Å². The molecule has 5 fully saturated rings.